The Hall–Kier alpha value is -1.80. The van der Waals surface area contributed by atoms with Gasteiger partial charge in [-0.2, -0.15) is 0 Å². The van der Waals surface area contributed by atoms with Gasteiger partial charge in [-0.3, -0.25) is 0 Å². The maximum Gasteiger partial charge on any atom is 0.125 e. The van der Waals surface area contributed by atoms with Gasteiger partial charge in [-0.1, -0.05) is 63.2 Å². The van der Waals surface area contributed by atoms with E-state index in [9.17, 15) is 0 Å². The van der Waals surface area contributed by atoms with Gasteiger partial charge in [0.2, 0.25) is 0 Å². The zero-order chi connectivity index (χ0) is 15.6. The number of rotatable bonds is 3. The molecule has 0 fully saturated rings. The van der Waals surface area contributed by atoms with Crippen LogP contribution in [-0.2, 0) is 16.8 Å². The molecule has 0 spiro atoms. The van der Waals surface area contributed by atoms with Gasteiger partial charge >= 0.3 is 0 Å². The molecule has 0 bridgehead atoms. The zero-order valence-corrected chi connectivity index (χ0v) is 13.6. The van der Waals surface area contributed by atoms with E-state index >= 15 is 0 Å². The molecule has 0 amide bonds. The van der Waals surface area contributed by atoms with Crippen LogP contribution >= 0.6 is 0 Å². The highest BCUT2D eigenvalue weighted by Gasteiger charge is 2.21. The van der Waals surface area contributed by atoms with E-state index in [4.69, 9.17) is 9.47 Å². The Kier molecular flexibility index (Phi) is 4.21. The molecule has 0 N–H and O–H groups in total. The molecule has 2 aromatic carbocycles. The van der Waals surface area contributed by atoms with E-state index in [0.29, 0.717) is 6.61 Å². The van der Waals surface area contributed by atoms with Crippen molar-refractivity contribution in [3.63, 3.8) is 0 Å². The molecule has 1 aliphatic heterocycles. The van der Waals surface area contributed by atoms with Crippen LogP contribution in [-0.4, -0.2) is 6.61 Å². The van der Waals surface area contributed by atoms with Crippen molar-refractivity contribution in [3.8, 4) is 5.75 Å². The average molecular weight is 296 g/mol. The molecule has 3 rings (SSSR count). The molecule has 2 heteroatoms. The monoisotopic (exact) mass is 296 g/mol. The SMILES string of the molecule is CC(C)(C)c1ccc(CO[C@H]2CCOc3ccccc32)cc1. The lowest BCUT2D eigenvalue weighted by atomic mass is 9.87. The van der Waals surface area contributed by atoms with Crippen LogP contribution in [0.2, 0.25) is 0 Å². The standard InChI is InChI=1S/C20H24O2/c1-20(2,3)16-10-8-15(9-11-16)14-22-19-12-13-21-18-7-5-4-6-17(18)19/h4-11,19H,12-14H2,1-3H3/t19-/m0/s1. The van der Waals surface area contributed by atoms with E-state index < -0.39 is 0 Å². The zero-order valence-electron chi connectivity index (χ0n) is 13.6. The summed E-state index contributed by atoms with van der Waals surface area (Å²) in [7, 11) is 0. The maximum absolute atomic E-state index is 6.14. The second-order valence-corrected chi connectivity index (χ2v) is 6.92. The van der Waals surface area contributed by atoms with Gasteiger partial charge in [0.05, 0.1) is 19.3 Å². The minimum Gasteiger partial charge on any atom is -0.493 e. The summed E-state index contributed by atoms with van der Waals surface area (Å²) < 4.78 is 11.8. The summed E-state index contributed by atoms with van der Waals surface area (Å²) in [6.45, 7) is 8.07. The molecule has 0 aromatic heterocycles. The number of para-hydroxylation sites is 1. The Morgan fingerprint density at radius 3 is 2.50 bits per heavy atom. The first-order valence-electron chi connectivity index (χ1n) is 7.97. The summed E-state index contributed by atoms with van der Waals surface area (Å²) in [5, 5.41) is 0. The fourth-order valence-corrected chi connectivity index (χ4v) is 2.78. The molecular formula is C20H24O2. The largest absolute Gasteiger partial charge is 0.493 e. The first-order valence-corrected chi connectivity index (χ1v) is 7.97. The Balaban J connectivity index is 1.66. The molecule has 0 saturated heterocycles. The van der Waals surface area contributed by atoms with E-state index in [1.54, 1.807) is 0 Å². The molecule has 2 nitrogen and oxygen atoms in total. The fraction of sp³-hybridized carbons (Fsp3) is 0.400. The number of benzene rings is 2. The van der Waals surface area contributed by atoms with Crippen molar-refractivity contribution >= 4 is 0 Å². The average Bonchev–Trinajstić information content (AvgIpc) is 2.52. The highest BCUT2D eigenvalue weighted by molar-refractivity contribution is 5.36. The molecule has 0 unspecified atom stereocenters. The molecule has 0 saturated carbocycles. The van der Waals surface area contributed by atoms with E-state index in [0.717, 1.165) is 18.8 Å². The first kappa shape index (κ1) is 15.1. The summed E-state index contributed by atoms with van der Waals surface area (Å²) in [6, 6.07) is 16.9. The molecular weight excluding hydrogens is 272 g/mol. The van der Waals surface area contributed by atoms with Crippen LogP contribution in [0.1, 0.15) is 50.0 Å². The van der Waals surface area contributed by atoms with Gasteiger partial charge in [0.15, 0.2) is 0 Å². The van der Waals surface area contributed by atoms with Crippen LogP contribution in [0.5, 0.6) is 5.75 Å². The van der Waals surface area contributed by atoms with Crippen molar-refractivity contribution in [2.24, 2.45) is 0 Å². The molecule has 1 atom stereocenters. The smallest absolute Gasteiger partial charge is 0.125 e. The van der Waals surface area contributed by atoms with Crippen LogP contribution in [0.15, 0.2) is 48.5 Å². The highest BCUT2D eigenvalue weighted by Crippen LogP contribution is 2.34. The van der Waals surface area contributed by atoms with Crippen LogP contribution in [0.3, 0.4) is 0 Å². The second kappa shape index (κ2) is 6.13. The summed E-state index contributed by atoms with van der Waals surface area (Å²) in [6.07, 6.45) is 1.05. The first-order chi connectivity index (χ1) is 10.5. The fourth-order valence-electron chi connectivity index (χ4n) is 2.78. The Bertz CT molecular complexity index is 623. The van der Waals surface area contributed by atoms with Crippen LogP contribution in [0.4, 0.5) is 0 Å². The summed E-state index contributed by atoms with van der Waals surface area (Å²) in [5.74, 6) is 0.960. The topological polar surface area (TPSA) is 18.5 Å². The molecule has 2 aromatic rings. The normalized spacial score (nSPS) is 17.7. The summed E-state index contributed by atoms with van der Waals surface area (Å²) in [4.78, 5) is 0. The van der Waals surface area contributed by atoms with Crippen LogP contribution < -0.4 is 4.74 Å². The van der Waals surface area contributed by atoms with E-state index in [1.165, 1.54) is 16.7 Å². The van der Waals surface area contributed by atoms with Gasteiger partial charge in [0, 0.05) is 12.0 Å². The molecule has 0 radical (unpaired) electrons. The molecule has 1 aliphatic rings. The quantitative estimate of drug-likeness (QED) is 0.791. The third-order valence-electron chi connectivity index (χ3n) is 4.17. The van der Waals surface area contributed by atoms with Crippen LogP contribution in [0, 0.1) is 0 Å². The predicted octanol–water partition coefficient (Wildman–Crippen LogP) is 5.02. The van der Waals surface area contributed by atoms with E-state index in [2.05, 4.69) is 51.1 Å². The lowest BCUT2D eigenvalue weighted by Gasteiger charge is -2.26. The van der Waals surface area contributed by atoms with Gasteiger partial charge in [-0.25, -0.2) is 0 Å². The minimum absolute atomic E-state index is 0.132. The maximum atomic E-state index is 6.14. The van der Waals surface area contributed by atoms with E-state index in [-0.39, 0.29) is 11.5 Å². The molecule has 0 aliphatic carbocycles. The van der Waals surface area contributed by atoms with Crippen molar-refractivity contribution in [1.82, 2.24) is 0 Å². The number of fused-ring (bicyclic) bond motifs is 1. The van der Waals surface area contributed by atoms with Crippen molar-refractivity contribution in [1.29, 1.82) is 0 Å². The van der Waals surface area contributed by atoms with Crippen LogP contribution in [0.25, 0.3) is 0 Å². The Morgan fingerprint density at radius 2 is 1.77 bits per heavy atom. The van der Waals surface area contributed by atoms with Gasteiger partial charge in [0.25, 0.3) is 0 Å². The molecule has 1 heterocycles. The number of hydrogen-bond acceptors (Lipinski definition) is 2. The van der Waals surface area contributed by atoms with Gasteiger partial charge in [-0.05, 0) is 22.6 Å². The number of ether oxygens (including phenoxy) is 2. The Morgan fingerprint density at radius 1 is 1.05 bits per heavy atom. The van der Waals surface area contributed by atoms with E-state index in [1.807, 2.05) is 18.2 Å². The lowest BCUT2D eigenvalue weighted by molar-refractivity contribution is 0.0127. The van der Waals surface area contributed by atoms with Gasteiger partial charge in [-0.15, -0.1) is 0 Å². The summed E-state index contributed by atoms with van der Waals surface area (Å²) >= 11 is 0. The van der Waals surface area contributed by atoms with Crippen molar-refractivity contribution in [2.75, 3.05) is 6.61 Å². The lowest BCUT2D eigenvalue weighted by Crippen LogP contribution is -2.16. The predicted molar refractivity (Wildman–Crippen MR) is 89.2 cm³/mol. The second-order valence-electron chi connectivity index (χ2n) is 6.92. The minimum atomic E-state index is 0.132. The molecule has 22 heavy (non-hydrogen) atoms. The van der Waals surface area contributed by atoms with Crippen molar-refractivity contribution in [2.45, 2.75) is 45.3 Å². The highest BCUT2D eigenvalue weighted by atomic mass is 16.5. The van der Waals surface area contributed by atoms with Gasteiger partial charge in [0.1, 0.15) is 5.75 Å². The third-order valence-corrected chi connectivity index (χ3v) is 4.17. The van der Waals surface area contributed by atoms with Crippen molar-refractivity contribution < 1.29 is 9.47 Å². The third kappa shape index (κ3) is 3.33. The van der Waals surface area contributed by atoms with Gasteiger partial charge < -0.3 is 9.47 Å². The Labute approximate surface area is 133 Å². The summed E-state index contributed by atoms with van der Waals surface area (Å²) in [5.41, 5.74) is 3.93. The van der Waals surface area contributed by atoms with Crippen molar-refractivity contribution in [3.05, 3.63) is 65.2 Å². The molecule has 116 valence electrons. The number of hydrogen-bond donors (Lipinski definition) is 0.